The zero-order chi connectivity index (χ0) is 20.2. The maximum absolute atomic E-state index is 13.3. The van der Waals surface area contributed by atoms with E-state index in [1.807, 2.05) is 60.7 Å². The summed E-state index contributed by atoms with van der Waals surface area (Å²) in [7, 11) is 0. The molecule has 0 spiro atoms. The zero-order valence-corrected chi connectivity index (χ0v) is 15.8. The third-order valence-electron chi connectivity index (χ3n) is 5.85. The van der Waals surface area contributed by atoms with E-state index in [1.165, 1.54) is 0 Å². The standard InChI is InChI=1S/C26H15NO3/c28-24-18-9-3-4-10-19(18)26-23(25(24)29)21(16-7-5-13-27-14-16)22-17-8-2-1-6-15(17)11-12-20(22)30-26/h1-14,21H. The van der Waals surface area contributed by atoms with E-state index in [4.69, 9.17) is 4.74 Å². The van der Waals surface area contributed by atoms with E-state index in [-0.39, 0.29) is 0 Å². The van der Waals surface area contributed by atoms with Gasteiger partial charge in [0.25, 0.3) is 0 Å². The van der Waals surface area contributed by atoms with Crippen molar-refractivity contribution in [3.05, 3.63) is 113 Å². The van der Waals surface area contributed by atoms with E-state index < -0.39 is 17.5 Å². The lowest BCUT2D eigenvalue weighted by Gasteiger charge is -2.33. The van der Waals surface area contributed by atoms with Crippen molar-refractivity contribution in [1.29, 1.82) is 0 Å². The molecule has 0 saturated carbocycles. The van der Waals surface area contributed by atoms with Gasteiger partial charge < -0.3 is 4.74 Å². The smallest absolute Gasteiger partial charge is 0.234 e. The van der Waals surface area contributed by atoms with Gasteiger partial charge in [-0.15, -0.1) is 0 Å². The van der Waals surface area contributed by atoms with Crippen LogP contribution < -0.4 is 4.74 Å². The van der Waals surface area contributed by atoms with Gasteiger partial charge in [-0.1, -0.05) is 60.7 Å². The molecular weight excluding hydrogens is 374 g/mol. The molecule has 0 radical (unpaired) electrons. The second-order valence-electron chi connectivity index (χ2n) is 7.47. The molecule has 4 nitrogen and oxygen atoms in total. The summed E-state index contributed by atoms with van der Waals surface area (Å²) in [6.45, 7) is 0. The molecule has 1 aliphatic carbocycles. The van der Waals surface area contributed by atoms with Gasteiger partial charge in [-0.2, -0.15) is 0 Å². The van der Waals surface area contributed by atoms with Gasteiger partial charge in [0.2, 0.25) is 11.6 Å². The summed E-state index contributed by atoms with van der Waals surface area (Å²) in [5, 5.41) is 2.04. The number of Topliss-reactive ketones (excluding diaryl/α,β-unsaturated/α-hetero) is 2. The quantitative estimate of drug-likeness (QED) is 0.433. The first-order valence-corrected chi connectivity index (χ1v) is 9.76. The van der Waals surface area contributed by atoms with Crippen LogP contribution in [0, 0.1) is 0 Å². The fourth-order valence-electron chi connectivity index (χ4n) is 4.54. The molecule has 1 unspecified atom stereocenters. The Morgan fingerprint density at radius 1 is 0.767 bits per heavy atom. The molecule has 1 aromatic heterocycles. The maximum atomic E-state index is 13.3. The highest BCUT2D eigenvalue weighted by Crippen LogP contribution is 2.50. The average Bonchev–Trinajstić information content (AvgIpc) is 2.81. The van der Waals surface area contributed by atoms with Crippen molar-refractivity contribution in [3.63, 3.8) is 0 Å². The molecule has 4 heteroatoms. The lowest BCUT2D eigenvalue weighted by atomic mass is 9.74. The second-order valence-corrected chi connectivity index (χ2v) is 7.47. The van der Waals surface area contributed by atoms with Crippen molar-refractivity contribution in [2.45, 2.75) is 5.92 Å². The van der Waals surface area contributed by atoms with Crippen LogP contribution >= 0.6 is 0 Å². The number of fused-ring (bicyclic) bond motifs is 5. The number of nitrogens with zero attached hydrogens (tertiary/aromatic N) is 1. The summed E-state index contributed by atoms with van der Waals surface area (Å²) in [5.74, 6) is -0.292. The summed E-state index contributed by atoms with van der Waals surface area (Å²) >= 11 is 0. The van der Waals surface area contributed by atoms with Crippen molar-refractivity contribution >= 4 is 28.1 Å². The van der Waals surface area contributed by atoms with Crippen molar-refractivity contribution < 1.29 is 14.3 Å². The van der Waals surface area contributed by atoms with Gasteiger partial charge in [0.15, 0.2) is 0 Å². The molecular formula is C26H15NO3. The van der Waals surface area contributed by atoms with Gasteiger partial charge in [0.05, 0.1) is 5.57 Å². The fourth-order valence-corrected chi connectivity index (χ4v) is 4.54. The maximum Gasteiger partial charge on any atom is 0.234 e. The summed E-state index contributed by atoms with van der Waals surface area (Å²) in [6, 6.07) is 22.9. The number of aromatic nitrogens is 1. The topological polar surface area (TPSA) is 56.3 Å². The number of hydrogen-bond acceptors (Lipinski definition) is 4. The minimum absolute atomic E-state index is 0.385. The van der Waals surface area contributed by atoms with Crippen LogP contribution in [0.5, 0.6) is 5.75 Å². The van der Waals surface area contributed by atoms with Crippen molar-refractivity contribution in [2.24, 2.45) is 0 Å². The number of ketones is 2. The lowest BCUT2D eigenvalue weighted by Crippen LogP contribution is -2.31. The van der Waals surface area contributed by atoms with Gasteiger partial charge in [-0.25, -0.2) is 0 Å². The van der Waals surface area contributed by atoms with Gasteiger partial charge in [-0.3, -0.25) is 14.6 Å². The third-order valence-corrected chi connectivity index (χ3v) is 5.85. The van der Waals surface area contributed by atoms with Crippen LogP contribution in [0.4, 0.5) is 0 Å². The highest BCUT2D eigenvalue weighted by molar-refractivity contribution is 6.52. The number of rotatable bonds is 1. The number of carbonyl (C=O) groups is 2. The number of ether oxygens (including phenoxy) is 1. The molecule has 1 aliphatic heterocycles. The number of pyridine rings is 1. The van der Waals surface area contributed by atoms with Gasteiger partial charge >= 0.3 is 0 Å². The molecule has 0 N–H and O–H groups in total. The summed E-state index contributed by atoms with van der Waals surface area (Å²) in [5.41, 5.74) is 3.17. The Balaban J connectivity index is 1.73. The predicted octanol–water partition coefficient (Wildman–Crippen LogP) is 4.94. The van der Waals surface area contributed by atoms with Crippen LogP contribution in [0.3, 0.4) is 0 Å². The summed E-state index contributed by atoms with van der Waals surface area (Å²) in [6.07, 6.45) is 3.45. The molecule has 0 saturated heterocycles. The Morgan fingerprint density at radius 2 is 1.57 bits per heavy atom. The van der Waals surface area contributed by atoms with Gasteiger partial charge in [0.1, 0.15) is 11.5 Å². The van der Waals surface area contributed by atoms with E-state index in [9.17, 15) is 9.59 Å². The third kappa shape index (κ3) is 2.25. The van der Waals surface area contributed by atoms with E-state index in [0.29, 0.717) is 28.2 Å². The normalized spacial score (nSPS) is 17.3. The predicted molar refractivity (Wildman–Crippen MR) is 113 cm³/mol. The second kappa shape index (κ2) is 6.22. The van der Waals surface area contributed by atoms with Crippen LogP contribution in [0.25, 0.3) is 16.5 Å². The fraction of sp³-hybridized carbons (Fsp3) is 0.0385. The van der Waals surface area contributed by atoms with E-state index in [0.717, 1.165) is 21.9 Å². The molecule has 2 aliphatic rings. The zero-order valence-electron chi connectivity index (χ0n) is 15.8. The largest absolute Gasteiger partial charge is 0.456 e. The van der Waals surface area contributed by atoms with Crippen LogP contribution in [-0.2, 0) is 4.79 Å². The Labute approximate surface area is 172 Å². The average molecular weight is 389 g/mol. The lowest BCUT2D eigenvalue weighted by molar-refractivity contribution is -0.112. The molecule has 0 fully saturated rings. The molecule has 0 amide bonds. The number of benzene rings is 3. The molecule has 3 aromatic carbocycles. The highest BCUT2D eigenvalue weighted by atomic mass is 16.5. The van der Waals surface area contributed by atoms with Crippen molar-refractivity contribution in [2.75, 3.05) is 0 Å². The molecule has 2 heterocycles. The number of allylic oxidation sites excluding steroid dienone is 1. The summed E-state index contributed by atoms with van der Waals surface area (Å²) in [4.78, 5) is 30.6. The van der Waals surface area contributed by atoms with Gasteiger partial charge in [-0.05, 0) is 28.5 Å². The molecule has 6 rings (SSSR count). The first-order valence-electron chi connectivity index (χ1n) is 9.76. The first-order chi connectivity index (χ1) is 14.7. The van der Waals surface area contributed by atoms with E-state index in [2.05, 4.69) is 4.98 Å². The number of hydrogen-bond donors (Lipinski definition) is 0. The first kappa shape index (κ1) is 16.9. The number of carbonyl (C=O) groups excluding carboxylic acids is 2. The van der Waals surface area contributed by atoms with Crippen molar-refractivity contribution in [1.82, 2.24) is 4.98 Å². The monoisotopic (exact) mass is 389 g/mol. The Morgan fingerprint density at radius 3 is 2.40 bits per heavy atom. The van der Waals surface area contributed by atoms with Crippen LogP contribution in [0.1, 0.15) is 33.0 Å². The highest BCUT2D eigenvalue weighted by Gasteiger charge is 2.43. The van der Waals surface area contributed by atoms with Crippen molar-refractivity contribution in [3.8, 4) is 5.75 Å². The van der Waals surface area contributed by atoms with Crippen LogP contribution in [0.15, 0.2) is 90.8 Å². The SMILES string of the molecule is O=C1C(=O)c2ccccc2C2=C1C(c1cccnc1)c1c(ccc3ccccc13)O2. The summed E-state index contributed by atoms with van der Waals surface area (Å²) < 4.78 is 6.33. The molecule has 30 heavy (non-hydrogen) atoms. The molecule has 1 atom stereocenters. The van der Waals surface area contributed by atoms with Crippen LogP contribution in [0.2, 0.25) is 0 Å². The van der Waals surface area contributed by atoms with Gasteiger partial charge in [0, 0.05) is 35.0 Å². The van der Waals surface area contributed by atoms with Crippen LogP contribution in [-0.4, -0.2) is 16.6 Å². The molecule has 0 bridgehead atoms. The minimum Gasteiger partial charge on any atom is -0.456 e. The molecule has 4 aromatic rings. The minimum atomic E-state index is -0.517. The van der Waals surface area contributed by atoms with E-state index in [1.54, 1.807) is 24.5 Å². The molecule has 142 valence electrons. The van der Waals surface area contributed by atoms with E-state index >= 15 is 0 Å². The Hall–Kier alpha value is -4.05. The Kier molecular flexibility index (Phi) is 3.50. The Bertz CT molecular complexity index is 1400.